The maximum atomic E-state index is 11.9. The van der Waals surface area contributed by atoms with E-state index in [1.807, 2.05) is 18.4 Å². The third-order valence-corrected chi connectivity index (χ3v) is 7.33. The number of aryl methyl sites for hydroxylation is 1. The molecule has 2 fully saturated rings. The molecule has 2 saturated heterocycles. The lowest BCUT2D eigenvalue weighted by Gasteiger charge is -2.33. The number of imidazole rings is 1. The normalized spacial score (nSPS) is 28.6. The van der Waals surface area contributed by atoms with Crippen LogP contribution in [0.3, 0.4) is 0 Å². The highest BCUT2D eigenvalue weighted by Gasteiger charge is 2.36. The first kappa shape index (κ1) is 18.3. The number of allylic oxidation sites excluding steroid dienone is 2. The van der Waals surface area contributed by atoms with E-state index in [1.54, 1.807) is 6.08 Å². The molecule has 0 radical (unpaired) electrons. The summed E-state index contributed by atoms with van der Waals surface area (Å²) in [6, 6.07) is 0.160. The van der Waals surface area contributed by atoms with E-state index >= 15 is 0 Å². The van der Waals surface area contributed by atoms with Gasteiger partial charge in [-0.15, -0.1) is 0 Å². The first-order chi connectivity index (χ1) is 13.2. The summed E-state index contributed by atoms with van der Waals surface area (Å²) < 4.78 is 11.9. The summed E-state index contributed by atoms with van der Waals surface area (Å²) in [5, 5.41) is 0.0314. The number of nitrogens with zero attached hydrogens (tertiary/aromatic N) is 4. The first-order valence-corrected chi connectivity index (χ1v) is 11.2. The van der Waals surface area contributed by atoms with Crippen molar-refractivity contribution >= 4 is 29.0 Å². The van der Waals surface area contributed by atoms with Crippen LogP contribution in [0.4, 0.5) is 0 Å². The minimum absolute atomic E-state index is 0.0314. The van der Waals surface area contributed by atoms with E-state index in [0.717, 1.165) is 62.0 Å². The second-order valence-electron chi connectivity index (χ2n) is 7.31. The molecule has 3 aliphatic heterocycles. The van der Waals surface area contributed by atoms with Crippen molar-refractivity contribution in [3.63, 3.8) is 0 Å². The Kier molecular flexibility index (Phi) is 5.38. The molecule has 144 valence electrons. The summed E-state index contributed by atoms with van der Waals surface area (Å²) in [5.41, 5.74) is 2.21. The van der Waals surface area contributed by atoms with Gasteiger partial charge >= 0.3 is 0 Å². The van der Waals surface area contributed by atoms with Gasteiger partial charge < -0.3 is 9.88 Å². The Labute approximate surface area is 163 Å². The van der Waals surface area contributed by atoms with Crippen molar-refractivity contribution in [2.24, 2.45) is 9.98 Å². The van der Waals surface area contributed by atoms with Crippen molar-refractivity contribution in [2.45, 2.75) is 49.8 Å². The van der Waals surface area contributed by atoms with Gasteiger partial charge in [0.15, 0.2) is 0 Å². The second-order valence-corrected chi connectivity index (χ2v) is 9.02. The maximum Gasteiger partial charge on any atom is 0.220 e. The lowest BCUT2D eigenvalue weighted by Crippen LogP contribution is -2.41. The predicted molar refractivity (Wildman–Crippen MR) is 112 cm³/mol. The van der Waals surface area contributed by atoms with Crippen molar-refractivity contribution in [2.75, 3.05) is 18.8 Å². The highest BCUT2D eigenvalue weighted by Crippen LogP contribution is 2.29. The zero-order valence-corrected chi connectivity index (χ0v) is 16.6. The number of rotatable bonds is 4. The Morgan fingerprint density at radius 1 is 1.37 bits per heavy atom. The summed E-state index contributed by atoms with van der Waals surface area (Å²) in [5.74, 6) is 3.12. The molecular weight excluding hydrogens is 358 g/mol. The number of piperidine rings is 1. The minimum atomic E-state index is -0.793. The van der Waals surface area contributed by atoms with Crippen LogP contribution in [0.15, 0.2) is 28.7 Å². The van der Waals surface area contributed by atoms with Crippen LogP contribution in [-0.4, -0.2) is 61.4 Å². The van der Waals surface area contributed by atoms with E-state index in [2.05, 4.69) is 28.4 Å². The fourth-order valence-corrected chi connectivity index (χ4v) is 5.55. The third-order valence-electron chi connectivity index (χ3n) is 5.65. The van der Waals surface area contributed by atoms with E-state index in [1.165, 1.54) is 5.69 Å². The molecule has 0 bridgehead atoms. The molecule has 0 saturated carbocycles. The molecule has 3 aliphatic rings. The van der Waals surface area contributed by atoms with E-state index < -0.39 is 10.8 Å². The number of likely N-dealkylation sites (tertiary alicyclic amines) is 1. The van der Waals surface area contributed by atoms with Crippen molar-refractivity contribution in [3.05, 3.63) is 35.9 Å². The van der Waals surface area contributed by atoms with Gasteiger partial charge in [-0.05, 0) is 31.8 Å². The molecule has 0 aromatic carbocycles. The number of aliphatic imine (C=N–C) groups is 2. The van der Waals surface area contributed by atoms with E-state index in [-0.39, 0.29) is 11.3 Å². The highest BCUT2D eigenvalue weighted by atomic mass is 32.2. The molecule has 3 unspecified atom stereocenters. The van der Waals surface area contributed by atoms with Crippen LogP contribution in [0.2, 0.25) is 0 Å². The Bertz CT molecular complexity index is 816. The number of nitrogens with one attached hydrogen (secondary N) is 1. The molecule has 4 heterocycles. The number of hydrogen-bond donors (Lipinski definition) is 1. The Morgan fingerprint density at radius 2 is 2.19 bits per heavy atom. The van der Waals surface area contributed by atoms with E-state index in [9.17, 15) is 4.21 Å². The fraction of sp³-hybridized carbons (Fsp3) is 0.550. The quantitative estimate of drug-likeness (QED) is 0.810. The van der Waals surface area contributed by atoms with Crippen LogP contribution in [0.1, 0.15) is 49.3 Å². The molecule has 3 atom stereocenters. The van der Waals surface area contributed by atoms with Gasteiger partial charge in [0.25, 0.3) is 0 Å². The molecule has 27 heavy (non-hydrogen) atoms. The van der Waals surface area contributed by atoms with E-state index in [0.29, 0.717) is 5.92 Å². The van der Waals surface area contributed by atoms with Crippen molar-refractivity contribution in [1.29, 1.82) is 0 Å². The average Bonchev–Trinajstić information content (AvgIpc) is 3.29. The zero-order valence-electron chi connectivity index (χ0n) is 15.8. The van der Waals surface area contributed by atoms with Gasteiger partial charge in [0.2, 0.25) is 5.96 Å². The van der Waals surface area contributed by atoms with Gasteiger partial charge in [-0.1, -0.05) is 25.7 Å². The lowest BCUT2D eigenvalue weighted by molar-refractivity contribution is 0.303. The number of aromatic nitrogens is 2. The van der Waals surface area contributed by atoms with Gasteiger partial charge in [-0.3, -0.25) is 4.21 Å². The van der Waals surface area contributed by atoms with Gasteiger partial charge in [0.05, 0.1) is 17.0 Å². The van der Waals surface area contributed by atoms with Crippen LogP contribution in [0.5, 0.6) is 0 Å². The number of fused-ring (bicyclic) bond motifs is 1. The third kappa shape index (κ3) is 3.70. The van der Waals surface area contributed by atoms with Crippen LogP contribution < -0.4 is 0 Å². The molecule has 0 aliphatic carbocycles. The Morgan fingerprint density at radius 3 is 2.93 bits per heavy atom. The fourth-order valence-electron chi connectivity index (χ4n) is 4.06. The number of aromatic amines is 1. The lowest BCUT2D eigenvalue weighted by atomic mass is 9.96. The number of hydrogen-bond acceptors (Lipinski definition) is 5. The average molecular weight is 386 g/mol. The molecule has 0 spiro atoms. The van der Waals surface area contributed by atoms with Crippen LogP contribution in [0, 0.1) is 0 Å². The summed E-state index contributed by atoms with van der Waals surface area (Å²) >= 11 is 0. The van der Waals surface area contributed by atoms with Crippen LogP contribution in [0.25, 0.3) is 6.08 Å². The topological polar surface area (TPSA) is 73.7 Å². The Balaban J connectivity index is 1.41. The molecule has 1 aromatic rings. The SMILES string of the molecule is C=C/C=C\c1nc(C2CCN(C3=NC4CCS(=O)C4C=N3)CC2)[nH]c1CC. The van der Waals surface area contributed by atoms with Gasteiger partial charge in [-0.25, -0.2) is 15.0 Å². The van der Waals surface area contributed by atoms with E-state index in [4.69, 9.17) is 9.98 Å². The molecule has 4 rings (SSSR count). The van der Waals surface area contributed by atoms with Gasteiger partial charge in [0.1, 0.15) is 5.82 Å². The summed E-state index contributed by atoms with van der Waals surface area (Å²) in [6.45, 7) is 7.75. The Hall–Kier alpha value is -2.02. The molecule has 1 N–H and O–H groups in total. The largest absolute Gasteiger partial charge is 0.345 e. The molecule has 6 nitrogen and oxygen atoms in total. The minimum Gasteiger partial charge on any atom is -0.345 e. The van der Waals surface area contributed by atoms with Crippen molar-refractivity contribution in [3.8, 4) is 0 Å². The van der Waals surface area contributed by atoms with Crippen molar-refractivity contribution in [1.82, 2.24) is 14.9 Å². The number of guanidine groups is 1. The zero-order chi connectivity index (χ0) is 18.8. The summed E-state index contributed by atoms with van der Waals surface area (Å²) in [7, 11) is -0.793. The standard InChI is InChI=1S/C20H27N5OS/c1-3-5-6-16-15(4-2)22-19(23-16)14-7-10-25(11-8-14)20-21-13-18-17(24-20)9-12-27(18)26/h3,5-6,13-14,17-18H,1,4,7-12H2,2H3,(H,22,23)/b6-5-. The monoisotopic (exact) mass is 385 g/mol. The predicted octanol–water partition coefficient (Wildman–Crippen LogP) is 2.68. The summed E-state index contributed by atoms with van der Waals surface area (Å²) in [4.78, 5) is 19.9. The van der Waals surface area contributed by atoms with Crippen LogP contribution >= 0.6 is 0 Å². The smallest absolute Gasteiger partial charge is 0.220 e. The highest BCUT2D eigenvalue weighted by molar-refractivity contribution is 7.86. The first-order valence-electron chi connectivity index (χ1n) is 9.81. The maximum absolute atomic E-state index is 11.9. The molecule has 7 heteroatoms. The van der Waals surface area contributed by atoms with Crippen LogP contribution in [-0.2, 0) is 17.2 Å². The molecule has 1 aromatic heterocycles. The van der Waals surface area contributed by atoms with Gasteiger partial charge in [0, 0.05) is 47.5 Å². The summed E-state index contributed by atoms with van der Waals surface area (Å²) in [6.07, 6.45) is 11.5. The second kappa shape index (κ2) is 7.92. The molecule has 0 amide bonds. The number of H-pyrrole nitrogens is 1. The van der Waals surface area contributed by atoms with Crippen molar-refractivity contribution < 1.29 is 4.21 Å². The van der Waals surface area contributed by atoms with Gasteiger partial charge in [-0.2, -0.15) is 0 Å². The molecular formula is C20H27N5OS.